The lowest BCUT2D eigenvalue weighted by Gasteiger charge is -2.36. The average molecular weight is 147 g/mol. The molecule has 9 heavy (non-hydrogen) atoms. The lowest BCUT2D eigenvalue weighted by atomic mass is 9.78. The first-order valence-corrected chi connectivity index (χ1v) is 3.50. The first-order chi connectivity index (χ1) is 4.21. The van der Waals surface area contributed by atoms with Crippen molar-refractivity contribution in [2.24, 2.45) is 0 Å². The highest BCUT2D eigenvalue weighted by Gasteiger charge is 2.42. The third kappa shape index (κ3) is 0.950. The van der Waals surface area contributed by atoms with E-state index < -0.39 is 11.5 Å². The largest absolute Gasteiger partial charge is 0.480 e. The normalized spacial score (nSPS) is 22.8. The van der Waals surface area contributed by atoms with Crippen LogP contribution in [0.4, 0.5) is 0 Å². The third-order valence-electron chi connectivity index (χ3n) is 1.89. The van der Waals surface area contributed by atoms with Gasteiger partial charge in [0, 0.05) is 0 Å². The van der Waals surface area contributed by atoms with Crippen LogP contribution in [0.25, 0.3) is 0 Å². The quantitative estimate of drug-likeness (QED) is 0.555. The summed E-state index contributed by atoms with van der Waals surface area (Å²) < 4.78 is 0. The van der Waals surface area contributed by atoms with Crippen LogP contribution in [0, 0.1) is 0 Å². The van der Waals surface area contributed by atoms with Crippen molar-refractivity contribution in [3.63, 3.8) is 0 Å². The topological polar surface area (TPSA) is 49.3 Å². The van der Waals surface area contributed by atoms with E-state index in [0.717, 1.165) is 19.3 Å². The van der Waals surface area contributed by atoms with Crippen molar-refractivity contribution in [2.75, 3.05) is 0 Å². The summed E-state index contributed by atoms with van der Waals surface area (Å²) in [5.41, 5.74) is -0.606. The van der Waals surface area contributed by atoms with Gasteiger partial charge in [0.05, 0.1) is 0 Å². The average Bonchev–Trinajstić information content (AvgIpc) is 1.62. The van der Waals surface area contributed by atoms with E-state index in [2.05, 4.69) is 14.5 Å². The summed E-state index contributed by atoms with van der Waals surface area (Å²) in [4.78, 5) is 10.5. The van der Waals surface area contributed by atoms with Gasteiger partial charge in [0.25, 0.3) is 0 Å². The molecule has 0 aliphatic heterocycles. The highest BCUT2D eigenvalue weighted by molar-refractivity contribution is 7.13. The maximum absolute atomic E-state index is 10.5. The van der Waals surface area contributed by atoms with Gasteiger partial charge in [-0.3, -0.25) is 9.88 Å². The van der Waals surface area contributed by atoms with Gasteiger partial charge in [-0.15, -0.1) is 0 Å². The van der Waals surface area contributed by atoms with Gasteiger partial charge in [-0.05, 0) is 19.3 Å². The number of carboxylic acid groups (broad SMARTS) is 1. The molecule has 1 aliphatic carbocycles. The van der Waals surface area contributed by atoms with Crippen LogP contribution in [0.2, 0.25) is 0 Å². The van der Waals surface area contributed by atoms with Crippen molar-refractivity contribution in [3.8, 4) is 0 Å². The predicted octanol–water partition coefficient (Wildman–Crippen LogP) is 0.373. The zero-order chi connectivity index (χ0) is 6.91. The summed E-state index contributed by atoms with van der Waals surface area (Å²) in [6.45, 7) is 0. The van der Waals surface area contributed by atoms with Crippen molar-refractivity contribution >= 4 is 15.4 Å². The molecule has 3 nitrogen and oxygen atoms in total. The molecule has 0 spiro atoms. The molecule has 1 rings (SSSR count). The predicted molar refractivity (Wildman–Crippen MR) is 37.1 cm³/mol. The molecule has 4 heteroatoms. The zero-order valence-electron chi connectivity index (χ0n) is 5.05. The van der Waals surface area contributed by atoms with Crippen LogP contribution >= 0.6 is 9.39 Å². The Hall–Kier alpha value is -0.140. The number of hydrogen-bond donors (Lipinski definition) is 2. The summed E-state index contributed by atoms with van der Waals surface area (Å²) in [6, 6.07) is 0. The van der Waals surface area contributed by atoms with Crippen LogP contribution < -0.4 is 5.09 Å². The van der Waals surface area contributed by atoms with Crippen molar-refractivity contribution in [1.82, 2.24) is 5.09 Å². The monoisotopic (exact) mass is 147 g/mol. The lowest BCUT2D eigenvalue weighted by molar-refractivity contribution is -0.147. The number of carboxylic acids is 1. The van der Waals surface area contributed by atoms with Crippen LogP contribution in [0.1, 0.15) is 19.3 Å². The number of hydrogen-bond acceptors (Lipinski definition) is 2. The van der Waals surface area contributed by atoms with E-state index in [9.17, 15) is 4.79 Å². The Balaban J connectivity index is 2.57. The molecule has 0 radical (unpaired) electrons. The molecule has 52 valence electrons. The number of rotatable bonds is 2. The second-order valence-corrected chi connectivity index (χ2v) is 2.67. The standard InChI is InChI=1S/C5H10NO2P/c7-4(8)5(6-9)2-1-3-5/h6H,1-3,9H2,(H,7,8). The Morgan fingerprint density at radius 2 is 2.22 bits per heavy atom. The molecule has 1 saturated carbocycles. The van der Waals surface area contributed by atoms with Crippen molar-refractivity contribution in [1.29, 1.82) is 0 Å². The Labute approximate surface area is 56.1 Å². The maximum atomic E-state index is 10.5. The SMILES string of the molecule is O=C(O)C1(NP)CCC1. The first kappa shape index (κ1) is 6.97. The summed E-state index contributed by atoms with van der Waals surface area (Å²) >= 11 is 0. The van der Waals surface area contributed by atoms with Gasteiger partial charge in [0.2, 0.25) is 0 Å². The van der Waals surface area contributed by atoms with Gasteiger partial charge < -0.3 is 5.11 Å². The molecule has 2 N–H and O–H groups in total. The lowest BCUT2D eigenvalue weighted by Crippen LogP contribution is -2.53. The van der Waals surface area contributed by atoms with Gasteiger partial charge in [-0.25, -0.2) is 0 Å². The van der Waals surface area contributed by atoms with Crippen molar-refractivity contribution < 1.29 is 9.90 Å². The minimum Gasteiger partial charge on any atom is -0.480 e. The molecule has 0 amide bonds. The van der Waals surface area contributed by atoms with Crippen LogP contribution in [0.5, 0.6) is 0 Å². The van der Waals surface area contributed by atoms with E-state index in [1.54, 1.807) is 0 Å². The zero-order valence-corrected chi connectivity index (χ0v) is 6.21. The van der Waals surface area contributed by atoms with Gasteiger partial charge in [-0.1, -0.05) is 9.39 Å². The van der Waals surface area contributed by atoms with E-state index in [1.807, 2.05) is 0 Å². The van der Waals surface area contributed by atoms with Gasteiger partial charge in [0.15, 0.2) is 0 Å². The first-order valence-electron chi connectivity index (χ1n) is 2.92. The van der Waals surface area contributed by atoms with E-state index in [4.69, 9.17) is 5.11 Å². The van der Waals surface area contributed by atoms with Crippen molar-refractivity contribution in [3.05, 3.63) is 0 Å². The summed E-state index contributed by atoms with van der Waals surface area (Å²) in [5, 5.41) is 11.3. The highest BCUT2D eigenvalue weighted by Crippen LogP contribution is 2.32. The molecule has 0 heterocycles. The molecular weight excluding hydrogens is 137 g/mol. The molecule has 1 unspecified atom stereocenters. The fourth-order valence-corrected chi connectivity index (χ4v) is 1.36. The van der Waals surface area contributed by atoms with Gasteiger partial charge in [0.1, 0.15) is 5.54 Å². The third-order valence-corrected chi connectivity index (χ3v) is 2.45. The van der Waals surface area contributed by atoms with Gasteiger partial charge >= 0.3 is 5.97 Å². The number of aliphatic carboxylic acids is 1. The van der Waals surface area contributed by atoms with Crippen molar-refractivity contribution in [2.45, 2.75) is 24.8 Å². The molecule has 0 aromatic rings. The van der Waals surface area contributed by atoms with Crippen LogP contribution in [0.15, 0.2) is 0 Å². The van der Waals surface area contributed by atoms with Crippen LogP contribution in [-0.2, 0) is 4.79 Å². The second-order valence-electron chi connectivity index (χ2n) is 2.39. The summed E-state index contributed by atoms with van der Waals surface area (Å²) in [5.74, 6) is -0.733. The molecule has 1 fully saturated rings. The van der Waals surface area contributed by atoms with E-state index in [1.165, 1.54) is 0 Å². The number of carbonyl (C=O) groups is 1. The molecule has 0 bridgehead atoms. The van der Waals surface area contributed by atoms with E-state index >= 15 is 0 Å². The molecule has 0 aromatic heterocycles. The van der Waals surface area contributed by atoms with E-state index in [-0.39, 0.29) is 0 Å². The number of nitrogens with one attached hydrogen (secondary N) is 1. The molecule has 0 saturated heterocycles. The summed E-state index contributed by atoms with van der Waals surface area (Å²) in [7, 11) is 2.26. The highest BCUT2D eigenvalue weighted by atomic mass is 31.0. The fraction of sp³-hybridized carbons (Fsp3) is 0.800. The van der Waals surface area contributed by atoms with Gasteiger partial charge in [-0.2, -0.15) is 0 Å². The molecule has 1 aliphatic rings. The summed E-state index contributed by atoms with van der Waals surface area (Å²) in [6.07, 6.45) is 2.53. The minimum atomic E-state index is -0.733. The smallest absolute Gasteiger partial charge is 0.324 e. The Kier molecular flexibility index (Phi) is 1.73. The molecule has 0 aromatic carbocycles. The Morgan fingerprint density at radius 3 is 2.22 bits per heavy atom. The fourth-order valence-electron chi connectivity index (χ4n) is 0.950. The Morgan fingerprint density at radius 1 is 1.67 bits per heavy atom. The van der Waals surface area contributed by atoms with E-state index in [0.29, 0.717) is 0 Å². The Bertz CT molecular complexity index is 127. The second kappa shape index (κ2) is 2.24. The molecular formula is C5H10NO2P. The molecule has 1 atom stereocenters. The van der Waals surface area contributed by atoms with Crippen LogP contribution in [-0.4, -0.2) is 16.6 Å². The van der Waals surface area contributed by atoms with Crippen LogP contribution in [0.3, 0.4) is 0 Å². The minimum absolute atomic E-state index is 0.606. The maximum Gasteiger partial charge on any atom is 0.324 e.